The smallest absolute Gasteiger partial charge is 0.137 e. The highest BCUT2D eigenvalue weighted by molar-refractivity contribution is 9.10. The first-order chi connectivity index (χ1) is 8.92. The molecule has 0 radical (unpaired) electrons. The van der Waals surface area contributed by atoms with Gasteiger partial charge in [-0.15, -0.1) is 0 Å². The molecule has 106 valence electrons. The maximum absolute atomic E-state index is 13.2. The van der Waals surface area contributed by atoms with Crippen LogP contribution in [0.1, 0.15) is 31.9 Å². The summed E-state index contributed by atoms with van der Waals surface area (Å²) in [6.07, 6.45) is 0.480. The molecule has 0 aliphatic carbocycles. The Morgan fingerprint density at radius 1 is 1.63 bits per heavy atom. The summed E-state index contributed by atoms with van der Waals surface area (Å²) < 4.78 is 19.0. The van der Waals surface area contributed by atoms with Crippen molar-refractivity contribution >= 4 is 15.9 Å². The Kier molecular flexibility index (Phi) is 4.61. The zero-order chi connectivity index (χ0) is 14.0. The summed E-state index contributed by atoms with van der Waals surface area (Å²) >= 11 is 3.18. The van der Waals surface area contributed by atoms with Gasteiger partial charge >= 0.3 is 0 Å². The van der Waals surface area contributed by atoms with Crippen molar-refractivity contribution in [2.75, 3.05) is 13.2 Å². The predicted octanol–water partition coefficient (Wildman–Crippen LogP) is 2.78. The lowest BCUT2D eigenvalue weighted by molar-refractivity contribution is -0.0274. The second kappa shape index (κ2) is 5.87. The van der Waals surface area contributed by atoms with Gasteiger partial charge in [-0.3, -0.25) is 0 Å². The van der Waals surface area contributed by atoms with Crippen LogP contribution in [0.4, 0.5) is 4.39 Å². The van der Waals surface area contributed by atoms with Gasteiger partial charge in [-0.2, -0.15) is 0 Å². The van der Waals surface area contributed by atoms with Crippen molar-refractivity contribution in [3.63, 3.8) is 0 Å². The van der Waals surface area contributed by atoms with Crippen LogP contribution in [0.15, 0.2) is 22.7 Å². The number of ether oxygens (including phenoxy) is 1. The molecule has 3 nitrogen and oxygen atoms in total. The molecule has 3 unspecified atom stereocenters. The van der Waals surface area contributed by atoms with Crippen LogP contribution < -0.4 is 5.32 Å². The van der Waals surface area contributed by atoms with E-state index in [0.717, 1.165) is 5.56 Å². The fourth-order valence-electron chi connectivity index (χ4n) is 2.23. The van der Waals surface area contributed by atoms with Crippen LogP contribution in [0.25, 0.3) is 0 Å². The van der Waals surface area contributed by atoms with Crippen LogP contribution >= 0.6 is 15.9 Å². The number of benzene rings is 1. The van der Waals surface area contributed by atoms with Gasteiger partial charge in [0.2, 0.25) is 0 Å². The van der Waals surface area contributed by atoms with Gasteiger partial charge in [-0.1, -0.05) is 6.07 Å². The zero-order valence-corrected chi connectivity index (χ0v) is 12.7. The number of rotatable bonds is 4. The first kappa shape index (κ1) is 14.9. The van der Waals surface area contributed by atoms with Gasteiger partial charge in [-0.05, 0) is 47.5 Å². The fourth-order valence-corrected chi connectivity index (χ4v) is 2.63. The average molecular weight is 332 g/mol. The molecule has 1 aromatic rings. The van der Waals surface area contributed by atoms with Crippen LogP contribution in [0.2, 0.25) is 0 Å². The molecule has 1 aromatic carbocycles. The lowest BCUT2D eigenvalue weighted by Crippen LogP contribution is -2.46. The van der Waals surface area contributed by atoms with E-state index in [9.17, 15) is 9.50 Å². The van der Waals surface area contributed by atoms with E-state index in [1.54, 1.807) is 12.1 Å². The summed E-state index contributed by atoms with van der Waals surface area (Å²) in [4.78, 5) is 0. The molecule has 3 atom stereocenters. The number of halogens is 2. The summed E-state index contributed by atoms with van der Waals surface area (Å²) in [5.74, 6) is -0.271. The summed E-state index contributed by atoms with van der Waals surface area (Å²) in [5.41, 5.74) is 0.161. The predicted molar refractivity (Wildman–Crippen MR) is 75.5 cm³/mol. The molecule has 0 aromatic heterocycles. The van der Waals surface area contributed by atoms with Gasteiger partial charge in [0.05, 0.1) is 10.6 Å². The number of nitrogens with one attached hydrogen (secondary N) is 1. The third-order valence-electron chi connectivity index (χ3n) is 3.82. The first-order valence-electron chi connectivity index (χ1n) is 6.45. The third-order valence-corrected chi connectivity index (χ3v) is 4.43. The van der Waals surface area contributed by atoms with Crippen LogP contribution in [0.3, 0.4) is 0 Å². The Balaban J connectivity index is 1.97. The van der Waals surface area contributed by atoms with Gasteiger partial charge < -0.3 is 15.2 Å². The molecule has 1 saturated heterocycles. The second-order valence-corrected chi connectivity index (χ2v) is 6.00. The normalized spacial score (nSPS) is 28.6. The molecule has 1 heterocycles. The van der Waals surface area contributed by atoms with E-state index in [-0.39, 0.29) is 18.0 Å². The van der Waals surface area contributed by atoms with Crippen molar-refractivity contribution in [1.82, 2.24) is 5.32 Å². The molecule has 1 aliphatic heterocycles. The standard InChI is InChI=1S/C14H19BrFNO2/c1-9(11-3-4-13(16)12(15)7-11)17-8-14(18)5-6-19-10(14)2/h3-4,7,9-10,17-18H,5-6,8H2,1-2H3. The Hall–Kier alpha value is -0.490. The van der Waals surface area contributed by atoms with Crippen molar-refractivity contribution in [3.8, 4) is 0 Å². The quantitative estimate of drug-likeness (QED) is 0.891. The van der Waals surface area contributed by atoms with Gasteiger partial charge in [0.25, 0.3) is 0 Å². The molecular weight excluding hydrogens is 313 g/mol. The highest BCUT2D eigenvalue weighted by Crippen LogP contribution is 2.26. The minimum Gasteiger partial charge on any atom is -0.386 e. The van der Waals surface area contributed by atoms with E-state index >= 15 is 0 Å². The van der Waals surface area contributed by atoms with Crippen molar-refractivity contribution in [1.29, 1.82) is 0 Å². The minimum absolute atomic E-state index is 0.0359. The Bertz CT molecular complexity index is 457. The molecule has 0 spiro atoms. The Labute approximate surface area is 121 Å². The average Bonchev–Trinajstić information content (AvgIpc) is 2.71. The second-order valence-electron chi connectivity index (χ2n) is 5.14. The van der Waals surface area contributed by atoms with Crippen LogP contribution in [0.5, 0.6) is 0 Å². The van der Waals surface area contributed by atoms with Gasteiger partial charge in [-0.25, -0.2) is 4.39 Å². The number of hydrogen-bond acceptors (Lipinski definition) is 3. The monoisotopic (exact) mass is 331 g/mol. The van der Waals surface area contributed by atoms with E-state index in [2.05, 4.69) is 21.2 Å². The topological polar surface area (TPSA) is 41.5 Å². The SMILES string of the molecule is CC(NCC1(O)CCOC1C)c1ccc(F)c(Br)c1. The maximum atomic E-state index is 13.2. The number of aliphatic hydroxyl groups is 1. The molecular formula is C14H19BrFNO2. The van der Waals surface area contributed by atoms with Gasteiger partial charge in [0, 0.05) is 25.6 Å². The molecule has 2 rings (SSSR count). The van der Waals surface area contributed by atoms with Crippen molar-refractivity contribution in [2.45, 2.75) is 38.0 Å². The van der Waals surface area contributed by atoms with Crippen LogP contribution in [-0.4, -0.2) is 30.0 Å². The zero-order valence-electron chi connectivity index (χ0n) is 11.1. The van der Waals surface area contributed by atoms with Gasteiger partial charge in [0.15, 0.2) is 0 Å². The molecule has 1 aliphatic rings. The molecule has 19 heavy (non-hydrogen) atoms. The fraction of sp³-hybridized carbons (Fsp3) is 0.571. The minimum atomic E-state index is -0.814. The lowest BCUT2D eigenvalue weighted by Gasteiger charge is -2.28. The molecule has 0 saturated carbocycles. The van der Waals surface area contributed by atoms with Crippen molar-refractivity contribution in [2.24, 2.45) is 0 Å². The van der Waals surface area contributed by atoms with E-state index in [4.69, 9.17) is 4.74 Å². The van der Waals surface area contributed by atoms with E-state index in [0.29, 0.717) is 24.0 Å². The van der Waals surface area contributed by atoms with Crippen molar-refractivity contribution in [3.05, 3.63) is 34.1 Å². The number of hydrogen-bond donors (Lipinski definition) is 2. The van der Waals surface area contributed by atoms with E-state index in [1.807, 2.05) is 13.8 Å². The first-order valence-corrected chi connectivity index (χ1v) is 7.24. The van der Waals surface area contributed by atoms with E-state index < -0.39 is 5.60 Å². The summed E-state index contributed by atoms with van der Waals surface area (Å²) in [7, 11) is 0. The van der Waals surface area contributed by atoms with Crippen LogP contribution in [0, 0.1) is 5.82 Å². The maximum Gasteiger partial charge on any atom is 0.137 e. The van der Waals surface area contributed by atoms with E-state index in [1.165, 1.54) is 6.07 Å². The Morgan fingerprint density at radius 3 is 2.95 bits per heavy atom. The Morgan fingerprint density at radius 2 is 2.37 bits per heavy atom. The van der Waals surface area contributed by atoms with Gasteiger partial charge in [0.1, 0.15) is 11.4 Å². The molecule has 5 heteroatoms. The molecule has 0 amide bonds. The highest BCUT2D eigenvalue weighted by Gasteiger charge is 2.39. The molecule has 1 fully saturated rings. The lowest BCUT2D eigenvalue weighted by atomic mass is 9.96. The largest absolute Gasteiger partial charge is 0.386 e. The van der Waals surface area contributed by atoms with Crippen molar-refractivity contribution < 1.29 is 14.2 Å². The highest BCUT2D eigenvalue weighted by atomic mass is 79.9. The summed E-state index contributed by atoms with van der Waals surface area (Å²) in [5, 5.41) is 13.7. The molecule has 2 N–H and O–H groups in total. The van der Waals surface area contributed by atoms with Crippen LogP contribution in [-0.2, 0) is 4.74 Å². The summed E-state index contributed by atoms with van der Waals surface area (Å²) in [6.45, 7) is 4.93. The third kappa shape index (κ3) is 3.34. The summed E-state index contributed by atoms with van der Waals surface area (Å²) in [6, 6.07) is 4.98. The molecule has 0 bridgehead atoms.